The van der Waals surface area contributed by atoms with Gasteiger partial charge in [0, 0.05) is 25.9 Å². The number of hydrogen-bond acceptors (Lipinski definition) is 2. The van der Waals surface area contributed by atoms with Gasteiger partial charge in [0.2, 0.25) is 0 Å². The van der Waals surface area contributed by atoms with Gasteiger partial charge in [0.15, 0.2) is 0 Å². The van der Waals surface area contributed by atoms with Gasteiger partial charge in [-0.15, -0.1) is 0 Å². The summed E-state index contributed by atoms with van der Waals surface area (Å²) in [5.74, 6) is 0.944. The molecule has 0 aliphatic carbocycles. The van der Waals surface area contributed by atoms with Gasteiger partial charge >= 0.3 is 0 Å². The number of hydrogen-bond donors (Lipinski definition) is 1. The Balaban J connectivity index is 2.66. The molecule has 0 saturated heterocycles. The van der Waals surface area contributed by atoms with E-state index < -0.39 is 0 Å². The van der Waals surface area contributed by atoms with Gasteiger partial charge in [-0.05, 0) is 11.8 Å². The Kier molecular flexibility index (Phi) is 3.32. The van der Waals surface area contributed by atoms with Crippen LogP contribution in [0.4, 0.5) is 0 Å². The Labute approximate surface area is 85.8 Å². The quantitative estimate of drug-likeness (QED) is 0.797. The zero-order valence-electron chi connectivity index (χ0n) is 9.49. The first-order valence-corrected chi connectivity index (χ1v) is 5.11. The maximum atomic E-state index is 10.0. The second kappa shape index (κ2) is 4.13. The Morgan fingerprint density at radius 1 is 1.57 bits per heavy atom. The lowest BCUT2D eigenvalue weighted by atomic mass is 9.82. The van der Waals surface area contributed by atoms with Crippen molar-refractivity contribution in [2.24, 2.45) is 12.5 Å². The van der Waals surface area contributed by atoms with Crippen LogP contribution < -0.4 is 0 Å². The Hall–Kier alpha value is -0.830. The molecule has 0 spiro atoms. The minimum atomic E-state index is -0.325. The molecule has 1 rings (SSSR count). The highest BCUT2D eigenvalue weighted by molar-refractivity contribution is 4.95. The highest BCUT2D eigenvalue weighted by Gasteiger charge is 2.26. The van der Waals surface area contributed by atoms with Crippen LogP contribution >= 0.6 is 0 Å². The third kappa shape index (κ3) is 2.35. The van der Waals surface area contributed by atoms with Gasteiger partial charge < -0.3 is 9.67 Å². The van der Waals surface area contributed by atoms with Crippen molar-refractivity contribution in [3.05, 3.63) is 18.2 Å². The van der Waals surface area contributed by atoms with Crippen molar-refractivity contribution in [1.29, 1.82) is 0 Å². The Bertz CT molecular complexity index is 291. The molecule has 3 nitrogen and oxygen atoms in total. The molecule has 0 bridgehead atoms. The van der Waals surface area contributed by atoms with E-state index in [1.54, 1.807) is 6.20 Å². The fraction of sp³-hybridized carbons (Fsp3) is 0.727. The SMILES string of the molecule is CCC(C)(C)C(O)Cc1nccn1C. The largest absolute Gasteiger partial charge is 0.392 e. The maximum absolute atomic E-state index is 10.0. The van der Waals surface area contributed by atoms with Crippen molar-refractivity contribution in [3.63, 3.8) is 0 Å². The molecular formula is C11H20N2O. The molecule has 1 atom stereocenters. The van der Waals surface area contributed by atoms with Crippen LogP contribution in [-0.4, -0.2) is 20.8 Å². The van der Waals surface area contributed by atoms with Crippen molar-refractivity contribution in [1.82, 2.24) is 9.55 Å². The summed E-state index contributed by atoms with van der Waals surface area (Å²) < 4.78 is 1.95. The molecule has 0 radical (unpaired) electrons. The fourth-order valence-corrected chi connectivity index (χ4v) is 1.28. The number of imidazole rings is 1. The average molecular weight is 196 g/mol. The van der Waals surface area contributed by atoms with Crippen LogP contribution in [0.25, 0.3) is 0 Å². The number of nitrogens with zero attached hydrogens (tertiary/aromatic N) is 2. The van der Waals surface area contributed by atoms with Crippen molar-refractivity contribution in [2.45, 2.75) is 39.7 Å². The highest BCUT2D eigenvalue weighted by atomic mass is 16.3. The molecule has 1 N–H and O–H groups in total. The van der Waals surface area contributed by atoms with Crippen LogP contribution in [0.3, 0.4) is 0 Å². The Morgan fingerprint density at radius 3 is 2.64 bits per heavy atom. The van der Waals surface area contributed by atoms with Crippen molar-refractivity contribution in [3.8, 4) is 0 Å². The van der Waals surface area contributed by atoms with Gasteiger partial charge in [-0.3, -0.25) is 0 Å². The average Bonchev–Trinajstić information content (AvgIpc) is 2.52. The van der Waals surface area contributed by atoms with E-state index in [0.29, 0.717) is 6.42 Å². The first kappa shape index (κ1) is 11.2. The zero-order valence-corrected chi connectivity index (χ0v) is 9.49. The van der Waals surface area contributed by atoms with Crippen molar-refractivity contribution in [2.75, 3.05) is 0 Å². The van der Waals surface area contributed by atoms with Gasteiger partial charge in [-0.1, -0.05) is 20.8 Å². The zero-order chi connectivity index (χ0) is 10.8. The van der Waals surface area contributed by atoms with Gasteiger partial charge in [-0.2, -0.15) is 0 Å². The van der Waals surface area contributed by atoms with Crippen LogP contribution in [0.5, 0.6) is 0 Å². The summed E-state index contributed by atoms with van der Waals surface area (Å²) in [6.45, 7) is 6.27. The molecule has 0 saturated carbocycles. The van der Waals surface area contributed by atoms with E-state index in [-0.39, 0.29) is 11.5 Å². The molecule has 80 valence electrons. The summed E-state index contributed by atoms with van der Waals surface area (Å²) in [6.07, 6.45) is 4.94. The molecule has 1 unspecified atom stereocenters. The minimum Gasteiger partial charge on any atom is -0.392 e. The fourth-order valence-electron chi connectivity index (χ4n) is 1.28. The maximum Gasteiger partial charge on any atom is 0.110 e. The lowest BCUT2D eigenvalue weighted by Crippen LogP contribution is -2.31. The van der Waals surface area contributed by atoms with Gasteiger partial charge in [-0.25, -0.2) is 4.98 Å². The van der Waals surface area contributed by atoms with E-state index in [9.17, 15) is 5.11 Å². The predicted molar refractivity (Wildman–Crippen MR) is 57.0 cm³/mol. The molecule has 1 heterocycles. The van der Waals surface area contributed by atoms with Crippen LogP contribution in [0, 0.1) is 5.41 Å². The van der Waals surface area contributed by atoms with E-state index in [1.807, 2.05) is 17.8 Å². The topological polar surface area (TPSA) is 38.1 Å². The number of aliphatic hydroxyl groups is 1. The van der Waals surface area contributed by atoms with Gasteiger partial charge in [0.25, 0.3) is 0 Å². The number of aryl methyl sites for hydroxylation is 1. The third-order valence-corrected chi connectivity index (χ3v) is 3.11. The molecule has 0 aliphatic heterocycles. The van der Waals surface area contributed by atoms with E-state index in [4.69, 9.17) is 0 Å². The van der Waals surface area contributed by atoms with E-state index in [2.05, 4.69) is 25.8 Å². The number of aliphatic hydroxyl groups excluding tert-OH is 1. The second-order valence-electron chi connectivity index (χ2n) is 4.52. The summed E-state index contributed by atoms with van der Waals surface area (Å²) in [6, 6.07) is 0. The third-order valence-electron chi connectivity index (χ3n) is 3.11. The standard InChI is InChI=1S/C11H20N2O/c1-5-11(2,3)9(14)8-10-12-6-7-13(10)4/h6-7,9,14H,5,8H2,1-4H3. The molecular weight excluding hydrogens is 176 g/mol. The van der Waals surface area contributed by atoms with E-state index >= 15 is 0 Å². The second-order valence-corrected chi connectivity index (χ2v) is 4.52. The summed E-state index contributed by atoms with van der Waals surface area (Å²) >= 11 is 0. The first-order valence-electron chi connectivity index (χ1n) is 5.11. The molecule has 14 heavy (non-hydrogen) atoms. The Morgan fingerprint density at radius 2 is 2.21 bits per heavy atom. The monoisotopic (exact) mass is 196 g/mol. The van der Waals surface area contributed by atoms with E-state index in [1.165, 1.54) is 0 Å². The van der Waals surface area contributed by atoms with Crippen molar-refractivity contribution < 1.29 is 5.11 Å². The molecule has 1 aromatic heterocycles. The number of aromatic nitrogens is 2. The summed E-state index contributed by atoms with van der Waals surface area (Å²) in [4.78, 5) is 4.21. The summed E-state index contributed by atoms with van der Waals surface area (Å²) in [7, 11) is 1.95. The summed E-state index contributed by atoms with van der Waals surface area (Å²) in [5.41, 5.74) is -0.0358. The normalized spacial score (nSPS) is 14.4. The van der Waals surface area contributed by atoms with Crippen molar-refractivity contribution >= 4 is 0 Å². The molecule has 0 aliphatic rings. The van der Waals surface area contributed by atoms with Gasteiger partial charge in [0.05, 0.1) is 6.10 Å². The van der Waals surface area contributed by atoms with Crippen LogP contribution in [0.15, 0.2) is 12.4 Å². The van der Waals surface area contributed by atoms with Crippen LogP contribution in [-0.2, 0) is 13.5 Å². The lowest BCUT2D eigenvalue weighted by Gasteiger charge is -2.28. The lowest BCUT2D eigenvalue weighted by molar-refractivity contribution is 0.0458. The van der Waals surface area contributed by atoms with Gasteiger partial charge in [0.1, 0.15) is 5.82 Å². The molecule has 0 aromatic carbocycles. The van der Waals surface area contributed by atoms with Crippen LogP contribution in [0.2, 0.25) is 0 Å². The predicted octanol–water partition coefficient (Wildman–Crippen LogP) is 1.76. The molecule has 3 heteroatoms. The molecule has 1 aromatic rings. The van der Waals surface area contributed by atoms with E-state index in [0.717, 1.165) is 12.2 Å². The number of rotatable bonds is 4. The molecule has 0 fully saturated rings. The summed E-state index contributed by atoms with van der Waals surface area (Å²) in [5, 5.41) is 10.0. The minimum absolute atomic E-state index is 0.0358. The molecule has 0 amide bonds. The van der Waals surface area contributed by atoms with Crippen LogP contribution in [0.1, 0.15) is 33.0 Å². The first-order chi connectivity index (χ1) is 6.47. The smallest absolute Gasteiger partial charge is 0.110 e. The highest BCUT2D eigenvalue weighted by Crippen LogP contribution is 2.26.